The lowest BCUT2D eigenvalue weighted by atomic mass is 9.88. The minimum atomic E-state index is -1.33. The Morgan fingerprint density at radius 2 is 1.33 bits per heavy atom. The highest BCUT2D eigenvalue weighted by atomic mass is 16.4. The molecule has 0 radical (unpaired) electrons. The van der Waals surface area contributed by atoms with Gasteiger partial charge < -0.3 is 36.6 Å². The molecule has 0 spiro atoms. The van der Waals surface area contributed by atoms with E-state index in [1.807, 2.05) is 13.8 Å². The Morgan fingerprint density at radius 1 is 1.00 bits per heavy atom. The molecule has 10 nitrogen and oxygen atoms in total. The van der Waals surface area contributed by atoms with Crippen LogP contribution >= 0.6 is 0 Å². The first-order valence-electron chi connectivity index (χ1n) is 7.34. The molecule has 0 atom stereocenters. The monoisotopic (exact) mass is 356 g/mol. The Hall–Kier alpha value is -2.07. The predicted octanol–water partition coefficient (Wildman–Crippen LogP) is 1.16. The molecule has 0 unspecified atom stereocenters. The average molecular weight is 356 g/mol. The topological polar surface area (TPSA) is 190 Å². The first-order chi connectivity index (χ1) is 11.0. The number of hydrogen-bond acceptors (Lipinski definition) is 5. The molecule has 8 N–H and O–H groups in total. The van der Waals surface area contributed by atoms with Crippen LogP contribution in [0, 0.1) is 5.41 Å². The third-order valence-electron chi connectivity index (χ3n) is 2.01. The largest absolute Gasteiger partial charge is 0.480 e. The van der Waals surface area contributed by atoms with Crippen molar-refractivity contribution in [2.24, 2.45) is 11.1 Å². The van der Waals surface area contributed by atoms with Gasteiger partial charge in [-0.25, -0.2) is 9.59 Å². The fourth-order valence-electron chi connectivity index (χ4n) is 0.963. The van der Waals surface area contributed by atoms with E-state index in [1.165, 1.54) is 6.42 Å². The summed E-state index contributed by atoms with van der Waals surface area (Å²) in [4.78, 5) is 27.9. The lowest BCUT2D eigenvalue weighted by Gasteiger charge is -2.23. The maximum Gasteiger partial charge on any atom is 0.405 e. The van der Waals surface area contributed by atoms with Crippen molar-refractivity contribution in [3.8, 4) is 0 Å². The zero-order chi connectivity index (χ0) is 20.2. The summed E-state index contributed by atoms with van der Waals surface area (Å²) < 4.78 is 0. The molecule has 0 rings (SSSR count). The molecule has 146 valence electrons. The number of hydrogen-bond donors (Lipinski definition) is 7. The van der Waals surface area contributed by atoms with Crippen LogP contribution in [0.5, 0.6) is 0 Å². The van der Waals surface area contributed by atoms with Crippen molar-refractivity contribution in [2.75, 3.05) is 19.8 Å². The Bertz CT molecular complexity index is 302. The average Bonchev–Trinajstić information content (AvgIpc) is 2.46. The first kappa shape index (κ1) is 29.9. The van der Waals surface area contributed by atoms with Gasteiger partial charge >= 0.3 is 18.2 Å². The molecule has 0 saturated heterocycles. The standard InChI is InChI=1S/C7H16O2.C3H5NO4.C3H8.CH3NO2/c1-3-4-7(2,5-8)6-9;5-2(6)1-4-3(7)8;1-3-2;2-1(3)4/h8-9H,3-6H2,1-2H3;4H,1H2,(H,5,6)(H,7,8);3H2,1-2H3;2H2,(H,3,4). The molecule has 0 aliphatic heterocycles. The molecular weight excluding hydrogens is 324 g/mol. The summed E-state index contributed by atoms with van der Waals surface area (Å²) in [6.07, 6.45) is 0.491. The van der Waals surface area contributed by atoms with Crippen LogP contribution in [-0.2, 0) is 4.79 Å². The van der Waals surface area contributed by atoms with E-state index < -0.39 is 24.7 Å². The first-order valence-corrected chi connectivity index (χ1v) is 7.34. The molecular formula is C14H32N2O8. The maximum absolute atomic E-state index is 9.58. The lowest BCUT2D eigenvalue weighted by Crippen LogP contribution is -2.27. The zero-order valence-corrected chi connectivity index (χ0v) is 14.8. The highest BCUT2D eigenvalue weighted by Gasteiger charge is 2.20. The van der Waals surface area contributed by atoms with Crippen LogP contribution in [0.15, 0.2) is 0 Å². The fraction of sp³-hybridized carbons (Fsp3) is 0.786. The zero-order valence-electron chi connectivity index (χ0n) is 14.8. The van der Waals surface area contributed by atoms with Gasteiger partial charge in [0, 0.05) is 5.41 Å². The third-order valence-corrected chi connectivity index (χ3v) is 2.01. The quantitative estimate of drug-likeness (QED) is 0.368. The summed E-state index contributed by atoms with van der Waals surface area (Å²) in [5, 5.41) is 42.0. The van der Waals surface area contributed by atoms with Gasteiger partial charge in [-0.1, -0.05) is 40.5 Å². The van der Waals surface area contributed by atoms with Gasteiger partial charge in [-0.2, -0.15) is 0 Å². The summed E-state index contributed by atoms with van der Waals surface area (Å²) in [7, 11) is 0. The number of carboxylic acid groups (broad SMARTS) is 3. The highest BCUT2D eigenvalue weighted by Crippen LogP contribution is 2.20. The van der Waals surface area contributed by atoms with Crippen molar-refractivity contribution in [3.63, 3.8) is 0 Å². The van der Waals surface area contributed by atoms with Crippen LogP contribution in [-0.4, -0.2) is 63.4 Å². The number of nitrogens with two attached hydrogens (primary N) is 1. The molecule has 0 aromatic heterocycles. The second-order valence-electron chi connectivity index (χ2n) is 4.97. The Labute approximate surface area is 142 Å². The number of carboxylic acids is 1. The number of nitrogens with one attached hydrogen (secondary N) is 1. The van der Waals surface area contributed by atoms with Gasteiger partial charge in [-0.3, -0.25) is 4.79 Å². The van der Waals surface area contributed by atoms with Crippen molar-refractivity contribution >= 4 is 18.2 Å². The van der Waals surface area contributed by atoms with Crippen molar-refractivity contribution in [2.45, 2.75) is 47.0 Å². The van der Waals surface area contributed by atoms with Gasteiger partial charge in [0.1, 0.15) is 6.54 Å². The number of primary amides is 1. The molecule has 0 aromatic carbocycles. The lowest BCUT2D eigenvalue weighted by molar-refractivity contribution is -0.135. The minimum Gasteiger partial charge on any atom is -0.480 e. The number of aliphatic hydroxyl groups is 2. The van der Waals surface area contributed by atoms with E-state index in [4.69, 9.17) is 30.3 Å². The van der Waals surface area contributed by atoms with E-state index in [2.05, 4.69) is 19.6 Å². The Morgan fingerprint density at radius 3 is 1.42 bits per heavy atom. The van der Waals surface area contributed by atoms with Crippen molar-refractivity contribution in [1.29, 1.82) is 0 Å². The summed E-state index contributed by atoms with van der Waals surface area (Å²) in [6, 6.07) is 0. The number of amides is 2. The van der Waals surface area contributed by atoms with Gasteiger partial charge in [0.2, 0.25) is 0 Å². The van der Waals surface area contributed by atoms with Crippen LogP contribution in [0.2, 0.25) is 0 Å². The van der Waals surface area contributed by atoms with Gasteiger partial charge in [0.05, 0.1) is 13.2 Å². The molecule has 0 bridgehead atoms. The fourth-order valence-corrected chi connectivity index (χ4v) is 0.963. The molecule has 0 heterocycles. The summed E-state index contributed by atoms with van der Waals surface area (Å²) >= 11 is 0. The van der Waals surface area contributed by atoms with Crippen molar-refractivity contribution in [3.05, 3.63) is 0 Å². The van der Waals surface area contributed by atoms with Crippen LogP contribution in [0.4, 0.5) is 9.59 Å². The van der Waals surface area contributed by atoms with Crippen LogP contribution < -0.4 is 11.1 Å². The van der Waals surface area contributed by atoms with E-state index in [0.717, 1.165) is 12.8 Å². The van der Waals surface area contributed by atoms with Crippen LogP contribution in [0.1, 0.15) is 47.0 Å². The normalized spacial score (nSPS) is 8.92. The maximum atomic E-state index is 9.58. The van der Waals surface area contributed by atoms with Gasteiger partial charge in [-0.05, 0) is 6.42 Å². The second kappa shape index (κ2) is 20.9. The predicted molar refractivity (Wildman–Crippen MR) is 89.0 cm³/mol. The SMILES string of the molecule is CCC.CCCC(C)(CO)CO.NC(=O)O.O=C(O)CNC(=O)O. The molecule has 0 aromatic rings. The van der Waals surface area contributed by atoms with Gasteiger partial charge in [0.15, 0.2) is 0 Å². The Kier molecular flexibility index (Phi) is 26.1. The molecule has 0 aliphatic rings. The van der Waals surface area contributed by atoms with E-state index in [-0.39, 0.29) is 18.6 Å². The highest BCUT2D eigenvalue weighted by molar-refractivity contribution is 5.75. The number of aliphatic carboxylic acids is 1. The second-order valence-corrected chi connectivity index (χ2v) is 4.97. The molecule has 10 heteroatoms. The molecule has 0 fully saturated rings. The van der Waals surface area contributed by atoms with Crippen molar-refractivity contribution < 1.29 is 39.9 Å². The van der Waals surface area contributed by atoms with E-state index >= 15 is 0 Å². The number of aliphatic hydroxyl groups excluding tert-OH is 2. The van der Waals surface area contributed by atoms with Crippen LogP contribution in [0.3, 0.4) is 0 Å². The van der Waals surface area contributed by atoms with Gasteiger partial charge in [-0.15, -0.1) is 0 Å². The summed E-state index contributed by atoms with van der Waals surface area (Å²) in [5.74, 6) is -1.19. The molecule has 0 saturated carbocycles. The number of rotatable bonds is 6. The summed E-state index contributed by atoms with van der Waals surface area (Å²) in [6.45, 7) is 7.80. The van der Waals surface area contributed by atoms with Gasteiger partial charge in [0.25, 0.3) is 0 Å². The molecule has 0 aliphatic carbocycles. The minimum absolute atomic E-state index is 0.0807. The molecule has 24 heavy (non-hydrogen) atoms. The van der Waals surface area contributed by atoms with E-state index in [9.17, 15) is 9.59 Å². The van der Waals surface area contributed by atoms with Crippen LogP contribution in [0.25, 0.3) is 0 Å². The smallest absolute Gasteiger partial charge is 0.405 e. The van der Waals surface area contributed by atoms with E-state index in [0.29, 0.717) is 0 Å². The molecule has 2 amide bonds. The third kappa shape index (κ3) is 42.7. The number of carbonyl (C=O) groups is 3. The Balaban J connectivity index is -0.000000122. The van der Waals surface area contributed by atoms with E-state index in [1.54, 1.807) is 5.32 Å². The van der Waals surface area contributed by atoms with Crippen molar-refractivity contribution in [1.82, 2.24) is 5.32 Å². The summed E-state index contributed by atoms with van der Waals surface area (Å²) in [5.41, 5.74) is 3.77.